The average Bonchev–Trinajstić information content (AvgIpc) is 1.86. The van der Waals surface area contributed by atoms with Gasteiger partial charge in [0.2, 0.25) is 0 Å². The van der Waals surface area contributed by atoms with E-state index in [0.29, 0.717) is 0 Å². The van der Waals surface area contributed by atoms with Crippen LogP contribution in [0.3, 0.4) is 0 Å². The summed E-state index contributed by atoms with van der Waals surface area (Å²) in [6.07, 6.45) is 0. The number of hydrogen-bond acceptors (Lipinski definition) is 2. The van der Waals surface area contributed by atoms with Gasteiger partial charge in [-0.25, -0.2) is 0 Å². The molecule has 0 spiro atoms. The smallest absolute Gasteiger partial charge is 0.283 e. The van der Waals surface area contributed by atoms with Crippen LogP contribution in [0, 0.1) is 0 Å². The average molecular weight is 271 g/mol. The van der Waals surface area contributed by atoms with Gasteiger partial charge in [0.15, 0.2) is 16.6 Å². The van der Waals surface area contributed by atoms with Crippen LogP contribution < -0.4 is 0 Å². The zero-order valence-electron chi connectivity index (χ0n) is 10.5. The third kappa shape index (κ3) is 19.4. The minimum atomic E-state index is -1.30. The SMILES string of the molecule is C[Si](C)(C)O[SiH2]O[Si](C)(C)C.[SiH3][SiH3]. The molecule has 0 radical (unpaired) electrons. The maximum Gasteiger partial charge on any atom is 0.283 e. The Morgan fingerprint density at radius 1 is 0.769 bits per heavy atom. The Kier molecular flexibility index (Phi) is 9.25. The fourth-order valence-electron chi connectivity index (χ4n) is 0.383. The van der Waals surface area contributed by atoms with Crippen LogP contribution in [-0.2, 0) is 8.23 Å². The van der Waals surface area contributed by atoms with Crippen LogP contribution in [0.5, 0.6) is 0 Å². The Labute approximate surface area is 93.8 Å². The Morgan fingerprint density at radius 2 is 1.00 bits per heavy atom. The predicted octanol–water partition coefficient (Wildman–Crippen LogP) is -0.680. The minimum absolute atomic E-state index is 0.674. The van der Waals surface area contributed by atoms with Crippen molar-refractivity contribution >= 4 is 46.2 Å². The topological polar surface area (TPSA) is 18.5 Å². The van der Waals surface area contributed by atoms with Crippen LogP contribution >= 0.6 is 0 Å². The molecule has 0 aliphatic carbocycles. The minimum Gasteiger partial charge on any atom is -0.441 e. The molecular formula is C6H26O2Si5. The highest BCUT2D eigenvalue weighted by Crippen LogP contribution is 2.05. The first-order valence-corrected chi connectivity index (χ1v) is 21.0. The molecule has 0 saturated carbocycles. The standard InChI is InChI=1S/C6H20O2Si3.H6Si2/c1-10(2,3)7-9-8-11(4,5)6;1-2/h9H2,1-6H3;1-2H3. The van der Waals surface area contributed by atoms with Crippen molar-refractivity contribution in [3.8, 4) is 0 Å². The van der Waals surface area contributed by atoms with Crippen molar-refractivity contribution in [2.24, 2.45) is 0 Å². The van der Waals surface area contributed by atoms with Crippen molar-refractivity contribution < 1.29 is 8.23 Å². The molecular weight excluding hydrogens is 244 g/mol. The zero-order chi connectivity index (χ0) is 11.1. The summed E-state index contributed by atoms with van der Waals surface area (Å²) in [5.41, 5.74) is 0. The van der Waals surface area contributed by atoms with Crippen LogP contribution in [0.15, 0.2) is 0 Å². The van der Waals surface area contributed by atoms with Crippen LogP contribution in [0.2, 0.25) is 39.3 Å². The lowest BCUT2D eigenvalue weighted by molar-refractivity contribution is 0.457. The molecule has 0 saturated heterocycles. The normalized spacial score (nSPS) is 12.5. The second-order valence-electron chi connectivity index (χ2n) is 4.63. The molecule has 0 atom stereocenters. The Balaban J connectivity index is 0. The molecule has 0 aliphatic heterocycles. The highest BCUT2D eigenvalue weighted by Gasteiger charge is 2.18. The van der Waals surface area contributed by atoms with E-state index in [1.807, 2.05) is 0 Å². The maximum absolute atomic E-state index is 5.70. The summed E-state index contributed by atoms with van der Waals surface area (Å²) < 4.78 is 11.4. The second-order valence-corrected chi connectivity index (χ2v) is 15.6. The lowest BCUT2D eigenvalue weighted by atomic mass is 11.8. The van der Waals surface area contributed by atoms with Crippen molar-refractivity contribution in [3.05, 3.63) is 0 Å². The molecule has 0 bridgehead atoms. The molecule has 0 heterocycles. The first kappa shape index (κ1) is 16.4. The van der Waals surface area contributed by atoms with Gasteiger partial charge in [0.05, 0.1) is 0 Å². The molecule has 0 aliphatic rings. The molecule has 0 aromatic carbocycles. The summed E-state index contributed by atoms with van der Waals surface area (Å²) in [6, 6.07) is 0. The van der Waals surface area contributed by atoms with E-state index in [-0.39, 0.29) is 0 Å². The van der Waals surface area contributed by atoms with Crippen LogP contribution in [0.25, 0.3) is 0 Å². The quantitative estimate of drug-likeness (QED) is 0.631. The van der Waals surface area contributed by atoms with E-state index in [1.165, 1.54) is 19.5 Å². The van der Waals surface area contributed by atoms with E-state index in [1.54, 1.807) is 0 Å². The lowest BCUT2D eigenvalue weighted by Gasteiger charge is -2.22. The van der Waals surface area contributed by atoms with E-state index in [0.717, 1.165) is 0 Å². The van der Waals surface area contributed by atoms with Gasteiger partial charge in [-0.1, -0.05) is 0 Å². The highest BCUT2D eigenvalue weighted by molar-refractivity contribution is 6.77. The van der Waals surface area contributed by atoms with E-state index in [4.69, 9.17) is 8.23 Å². The van der Waals surface area contributed by atoms with Gasteiger partial charge >= 0.3 is 0 Å². The maximum atomic E-state index is 5.70. The number of hydrogen-bond donors (Lipinski definition) is 0. The van der Waals surface area contributed by atoms with Gasteiger partial charge in [-0.3, -0.25) is 0 Å². The van der Waals surface area contributed by atoms with Gasteiger partial charge in [-0.15, -0.1) is 0 Å². The summed E-state index contributed by atoms with van der Waals surface area (Å²) in [5, 5.41) is 0. The van der Waals surface area contributed by atoms with Gasteiger partial charge in [0, 0.05) is 0 Å². The van der Waals surface area contributed by atoms with E-state index in [9.17, 15) is 0 Å². The summed E-state index contributed by atoms with van der Waals surface area (Å²) in [5.74, 6) is 0. The third-order valence-corrected chi connectivity index (χ3v) is 8.85. The van der Waals surface area contributed by atoms with Crippen molar-refractivity contribution in [3.63, 3.8) is 0 Å². The van der Waals surface area contributed by atoms with E-state index in [2.05, 4.69) is 39.3 Å². The fraction of sp³-hybridized carbons (Fsp3) is 1.00. The Bertz CT molecular complexity index is 103. The van der Waals surface area contributed by atoms with Crippen LogP contribution in [0.4, 0.5) is 0 Å². The molecule has 13 heavy (non-hydrogen) atoms. The molecule has 0 aromatic heterocycles. The van der Waals surface area contributed by atoms with Gasteiger partial charge in [-0.2, -0.15) is 0 Å². The van der Waals surface area contributed by atoms with Crippen molar-refractivity contribution in [1.29, 1.82) is 0 Å². The second kappa shape index (κ2) is 7.32. The molecule has 0 aromatic rings. The summed E-state index contributed by atoms with van der Waals surface area (Å²) in [6.45, 7) is 13.2. The monoisotopic (exact) mass is 270 g/mol. The molecule has 0 N–H and O–H groups in total. The van der Waals surface area contributed by atoms with Gasteiger partial charge in [0.25, 0.3) is 10.0 Å². The highest BCUT2D eigenvalue weighted by atomic mass is 29.1. The molecule has 0 unspecified atom stereocenters. The van der Waals surface area contributed by atoms with Crippen LogP contribution in [-0.4, -0.2) is 46.2 Å². The van der Waals surface area contributed by atoms with Gasteiger partial charge in [0.1, 0.15) is 0 Å². The summed E-state index contributed by atoms with van der Waals surface area (Å²) in [7, 11) is -0.381. The molecule has 7 heteroatoms. The molecule has 0 amide bonds. The van der Waals surface area contributed by atoms with Gasteiger partial charge in [-0.05, 0) is 58.8 Å². The van der Waals surface area contributed by atoms with Crippen molar-refractivity contribution in [2.45, 2.75) is 39.3 Å². The third-order valence-electron chi connectivity index (χ3n) is 0.984. The zero-order valence-corrected chi connectivity index (χ0v) is 17.9. The van der Waals surface area contributed by atoms with Crippen LogP contribution in [0.1, 0.15) is 0 Å². The summed E-state index contributed by atoms with van der Waals surface area (Å²) in [4.78, 5) is 0. The van der Waals surface area contributed by atoms with E-state index >= 15 is 0 Å². The Morgan fingerprint density at radius 3 is 1.15 bits per heavy atom. The molecule has 0 fully saturated rings. The molecule has 2 nitrogen and oxygen atoms in total. The van der Waals surface area contributed by atoms with Gasteiger partial charge < -0.3 is 8.23 Å². The lowest BCUT2D eigenvalue weighted by Crippen LogP contribution is -2.34. The van der Waals surface area contributed by atoms with Crippen molar-refractivity contribution in [1.82, 2.24) is 0 Å². The molecule has 0 rings (SSSR count). The van der Waals surface area contributed by atoms with E-state index < -0.39 is 26.6 Å². The largest absolute Gasteiger partial charge is 0.441 e. The fourth-order valence-corrected chi connectivity index (χ4v) is 3.98. The number of rotatable bonds is 4. The van der Waals surface area contributed by atoms with Crippen molar-refractivity contribution in [2.75, 3.05) is 0 Å². The Hall–Kier alpha value is 1.00. The molecule has 82 valence electrons. The predicted molar refractivity (Wildman–Crippen MR) is 77.3 cm³/mol. The summed E-state index contributed by atoms with van der Waals surface area (Å²) >= 11 is 0. The first-order chi connectivity index (χ1) is 5.71. The first-order valence-electron chi connectivity index (χ1n) is 4.99.